The van der Waals surface area contributed by atoms with Gasteiger partial charge in [0.1, 0.15) is 0 Å². The van der Waals surface area contributed by atoms with Gasteiger partial charge in [0.25, 0.3) is 0 Å². The van der Waals surface area contributed by atoms with Gasteiger partial charge in [-0.1, -0.05) is 31.5 Å². The Morgan fingerprint density at radius 2 is 2.06 bits per heavy atom. The fraction of sp³-hybridized carbons (Fsp3) is 0.429. The molecule has 0 saturated carbocycles. The van der Waals surface area contributed by atoms with Crippen LogP contribution in [0.15, 0.2) is 24.3 Å². The summed E-state index contributed by atoms with van der Waals surface area (Å²) < 4.78 is 5.03. The van der Waals surface area contributed by atoms with E-state index in [4.69, 9.17) is 4.74 Å². The fourth-order valence-electron chi connectivity index (χ4n) is 1.61. The van der Waals surface area contributed by atoms with Crippen LogP contribution in [0.3, 0.4) is 0 Å². The lowest BCUT2D eigenvalue weighted by molar-refractivity contribution is 0.0525. The molecule has 16 heavy (non-hydrogen) atoms. The molecule has 0 aromatic heterocycles. The summed E-state index contributed by atoms with van der Waals surface area (Å²) in [6.07, 6.45) is 5.21. The number of ether oxygens (including phenoxy) is 1. The molecule has 87 valence electrons. The van der Waals surface area contributed by atoms with Crippen LogP contribution in [0.2, 0.25) is 0 Å². The van der Waals surface area contributed by atoms with Crippen molar-refractivity contribution in [3.8, 4) is 0 Å². The van der Waals surface area contributed by atoms with Gasteiger partial charge in [0, 0.05) is 0 Å². The molecule has 0 unspecified atom stereocenters. The average Bonchev–Trinajstić information content (AvgIpc) is 2.30. The molecule has 0 aliphatic heterocycles. The zero-order valence-corrected chi connectivity index (χ0v) is 10.0. The van der Waals surface area contributed by atoms with E-state index in [9.17, 15) is 4.79 Å². The van der Waals surface area contributed by atoms with Gasteiger partial charge in [-0.2, -0.15) is 0 Å². The van der Waals surface area contributed by atoms with Crippen molar-refractivity contribution in [2.24, 2.45) is 0 Å². The van der Waals surface area contributed by atoms with E-state index in [1.807, 2.05) is 31.2 Å². The van der Waals surface area contributed by atoms with Crippen LogP contribution in [0.25, 0.3) is 0 Å². The number of carbonyl (C=O) groups excluding carboxylic acids is 1. The van der Waals surface area contributed by atoms with Gasteiger partial charge in [0.15, 0.2) is 0 Å². The Labute approximate surface area is 97.6 Å². The lowest BCUT2D eigenvalue weighted by atomic mass is 10.0. The van der Waals surface area contributed by atoms with Crippen LogP contribution in [0, 0.1) is 6.42 Å². The first kappa shape index (κ1) is 12.8. The Morgan fingerprint density at radius 1 is 1.31 bits per heavy atom. The number of aryl methyl sites for hydroxylation is 1. The van der Waals surface area contributed by atoms with E-state index in [1.54, 1.807) is 0 Å². The van der Waals surface area contributed by atoms with Gasteiger partial charge < -0.3 is 4.74 Å². The minimum atomic E-state index is -0.213. The van der Waals surface area contributed by atoms with Gasteiger partial charge in [-0.05, 0) is 37.8 Å². The van der Waals surface area contributed by atoms with Crippen molar-refractivity contribution in [2.45, 2.75) is 33.1 Å². The van der Waals surface area contributed by atoms with Crippen LogP contribution in [0.5, 0.6) is 0 Å². The maximum absolute atomic E-state index is 11.7. The standard InChI is InChI=1S/C14H19O2/c1-3-5-6-9-12-10-7-8-11-13(12)14(15)16-4-2/h5,7-8,10-11H,3-4,6,9H2,1-2H3. The lowest BCUT2D eigenvalue weighted by Crippen LogP contribution is -2.08. The van der Waals surface area contributed by atoms with Gasteiger partial charge in [-0.3, -0.25) is 0 Å². The number of benzene rings is 1. The quantitative estimate of drug-likeness (QED) is 0.541. The van der Waals surface area contributed by atoms with E-state index in [2.05, 4.69) is 13.3 Å². The van der Waals surface area contributed by atoms with Crippen molar-refractivity contribution in [1.29, 1.82) is 0 Å². The molecule has 2 heteroatoms. The molecule has 1 radical (unpaired) electrons. The average molecular weight is 219 g/mol. The van der Waals surface area contributed by atoms with Gasteiger partial charge in [0.05, 0.1) is 12.2 Å². The SMILES string of the molecule is CC[CH]CCc1ccccc1C(=O)OCC. The van der Waals surface area contributed by atoms with Crippen molar-refractivity contribution in [3.63, 3.8) is 0 Å². The van der Waals surface area contributed by atoms with Crippen molar-refractivity contribution in [3.05, 3.63) is 41.8 Å². The molecule has 2 nitrogen and oxygen atoms in total. The van der Waals surface area contributed by atoms with Crippen molar-refractivity contribution >= 4 is 5.97 Å². The van der Waals surface area contributed by atoms with Crippen LogP contribution in [0.1, 0.15) is 42.6 Å². The normalized spacial score (nSPS) is 10.1. The topological polar surface area (TPSA) is 26.3 Å². The van der Waals surface area contributed by atoms with Gasteiger partial charge in [-0.25, -0.2) is 4.79 Å². The van der Waals surface area contributed by atoms with Crippen LogP contribution < -0.4 is 0 Å². The molecule has 0 aliphatic rings. The second kappa shape index (κ2) is 7.04. The highest BCUT2D eigenvalue weighted by molar-refractivity contribution is 5.91. The second-order valence-corrected chi connectivity index (χ2v) is 3.61. The number of hydrogen-bond donors (Lipinski definition) is 0. The van der Waals surface area contributed by atoms with Crippen LogP contribution in [-0.2, 0) is 11.2 Å². The van der Waals surface area contributed by atoms with E-state index >= 15 is 0 Å². The monoisotopic (exact) mass is 219 g/mol. The third-order valence-corrected chi connectivity index (χ3v) is 2.42. The third kappa shape index (κ3) is 3.69. The molecular weight excluding hydrogens is 200 g/mol. The fourth-order valence-corrected chi connectivity index (χ4v) is 1.61. The molecule has 0 N–H and O–H groups in total. The zero-order chi connectivity index (χ0) is 11.8. The highest BCUT2D eigenvalue weighted by atomic mass is 16.5. The van der Waals surface area contributed by atoms with Crippen molar-refractivity contribution in [1.82, 2.24) is 0 Å². The summed E-state index contributed by atoms with van der Waals surface area (Å²) in [4.78, 5) is 11.7. The van der Waals surface area contributed by atoms with Gasteiger partial charge in [-0.15, -0.1) is 0 Å². The largest absolute Gasteiger partial charge is 0.462 e. The van der Waals surface area contributed by atoms with E-state index < -0.39 is 0 Å². The smallest absolute Gasteiger partial charge is 0.338 e. The number of unbranched alkanes of at least 4 members (excludes halogenated alkanes) is 2. The molecule has 0 saturated heterocycles. The molecule has 0 amide bonds. The highest BCUT2D eigenvalue weighted by Gasteiger charge is 2.10. The molecule has 0 spiro atoms. The minimum Gasteiger partial charge on any atom is -0.462 e. The summed E-state index contributed by atoms with van der Waals surface area (Å²) >= 11 is 0. The van der Waals surface area contributed by atoms with E-state index in [0.717, 1.165) is 24.8 Å². The highest BCUT2D eigenvalue weighted by Crippen LogP contribution is 2.13. The maximum Gasteiger partial charge on any atom is 0.338 e. The summed E-state index contributed by atoms with van der Waals surface area (Å²) in [6.45, 7) is 4.37. The number of hydrogen-bond acceptors (Lipinski definition) is 2. The Bertz CT molecular complexity index is 331. The first-order valence-electron chi connectivity index (χ1n) is 5.86. The second-order valence-electron chi connectivity index (χ2n) is 3.61. The first-order chi connectivity index (χ1) is 7.79. The lowest BCUT2D eigenvalue weighted by Gasteiger charge is -2.08. The summed E-state index contributed by atoms with van der Waals surface area (Å²) in [7, 11) is 0. The minimum absolute atomic E-state index is 0.213. The molecule has 1 aromatic rings. The molecule has 0 heterocycles. The Morgan fingerprint density at radius 3 is 2.75 bits per heavy atom. The molecule has 0 atom stereocenters. The molecule has 0 bridgehead atoms. The molecule has 0 fully saturated rings. The molecule has 0 aliphatic carbocycles. The van der Waals surface area contributed by atoms with Crippen LogP contribution in [-0.4, -0.2) is 12.6 Å². The van der Waals surface area contributed by atoms with E-state index in [1.165, 1.54) is 0 Å². The first-order valence-corrected chi connectivity index (χ1v) is 5.86. The predicted molar refractivity (Wildman–Crippen MR) is 65.3 cm³/mol. The van der Waals surface area contributed by atoms with Crippen molar-refractivity contribution in [2.75, 3.05) is 6.61 Å². The summed E-state index contributed by atoms with van der Waals surface area (Å²) in [5.41, 5.74) is 1.78. The van der Waals surface area contributed by atoms with Gasteiger partial charge >= 0.3 is 5.97 Å². The molecule has 1 aromatic carbocycles. The van der Waals surface area contributed by atoms with E-state index in [0.29, 0.717) is 12.2 Å². The summed E-state index contributed by atoms with van der Waals surface area (Å²) in [5, 5.41) is 0. The predicted octanol–water partition coefficient (Wildman–Crippen LogP) is 3.41. The third-order valence-electron chi connectivity index (χ3n) is 2.42. The van der Waals surface area contributed by atoms with Crippen molar-refractivity contribution < 1.29 is 9.53 Å². The number of rotatable bonds is 6. The Hall–Kier alpha value is -1.31. The summed E-state index contributed by atoms with van der Waals surface area (Å²) in [5.74, 6) is -0.213. The Balaban J connectivity index is 2.71. The number of carbonyl (C=O) groups is 1. The maximum atomic E-state index is 11.7. The zero-order valence-electron chi connectivity index (χ0n) is 10.0. The number of esters is 1. The van der Waals surface area contributed by atoms with E-state index in [-0.39, 0.29) is 5.97 Å². The van der Waals surface area contributed by atoms with Crippen LogP contribution in [0.4, 0.5) is 0 Å². The van der Waals surface area contributed by atoms with Crippen LogP contribution >= 0.6 is 0 Å². The van der Waals surface area contributed by atoms with Gasteiger partial charge in [0.2, 0.25) is 0 Å². The summed E-state index contributed by atoms with van der Waals surface area (Å²) in [6, 6.07) is 7.66. The Kier molecular flexibility index (Phi) is 5.62. The molecular formula is C14H19O2. The molecule has 1 rings (SSSR count).